The Hall–Kier alpha value is -3.03. The van der Waals surface area contributed by atoms with Gasteiger partial charge in [-0.2, -0.15) is 0 Å². The summed E-state index contributed by atoms with van der Waals surface area (Å²) >= 11 is 0. The van der Waals surface area contributed by atoms with Crippen molar-refractivity contribution in [3.05, 3.63) is 35.7 Å². The van der Waals surface area contributed by atoms with E-state index in [2.05, 4.69) is 15.0 Å². The van der Waals surface area contributed by atoms with Gasteiger partial charge in [-0.05, 0) is 12.1 Å². The highest BCUT2D eigenvalue weighted by atomic mass is 16.5. The van der Waals surface area contributed by atoms with Gasteiger partial charge in [0.25, 0.3) is 5.91 Å². The van der Waals surface area contributed by atoms with Gasteiger partial charge in [-0.15, -0.1) is 0 Å². The summed E-state index contributed by atoms with van der Waals surface area (Å²) in [5.74, 6) is -1.37. The van der Waals surface area contributed by atoms with Crippen LogP contribution in [0.4, 0.5) is 5.69 Å². The molecule has 0 saturated carbocycles. The van der Waals surface area contributed by atoms with E-state index in [4.69, 9.17) is 14.6 Å². The van der Waals surface area contributed by atoms with Crippen LogP contribution in [0.1, 0.15) is 21.0 Å². The highest BCUT2D eigenvalue weighted by Crippen LogP contribution is 2.29. The molecule has 8 nitrogen and oxygen atoms in total. The first-order valence-electron chi connectivity index (χ1n) is 5.78. The first kappa shape index (κ1) is 14.4. The maximum atomic E-state index is 12.0. The maximum absolute atomic E-state index is 12.0. The molecule has 0 atom stereocenters. The molecule has 0 saturated heterocycles. The topological polar surface area (TPSA) is 111 Å². The third-order valence-electron chi connectivity index (χ3n) is 2.61. The number of anilines is 1. The summed E-state index contributed by atoms with van der Waals surface area (Å²) in [6.45, 7) is 0. The molecule has 0 radical (unpaired) electrons. The van der Waals surface area contributed by atoms with Gasteiger partial charge >= 0.3 is 5.97 Å². The first-order chi connectivity index (χ1) is 10.0. The van der Waals surface area contributed by atoms with Crippen molar-refractivity contribution in [1.29, 1.82) is 0 Å². The summed E-state index contributed by atoms with van der Waals surface area (Å²) in [6, 6.07) is 5.87. The zero-order valence-corrected chi connectivity index (χ0v) is 11.2. The van der Waals surface area contributed by atoms with Crippen LogP contribution in [0.15, 0.2) is 28.8 Å². The first-order valence-corrected chi connectivity index (χ1v) is 5.78. The van der Waals surface area contributed by atoms with Crippen LogP contribution in [0, 0.1) is 0 Å². The number of carboxylic acid groups (broad SMARTS) is 1. The van der Waals surface area contributed by atoms with Crippen molar-refractivity contribution in [3.63, 3.8) is 0 Å². The fourth-order valence-corrected chi connectivity index (χ4v) is 1.57. The van der Waals surface area contributed by atoms with Gasteiger partial charge in [-0.25, -0.2) is 4.79 Å². The number of nitrogens with zero attached hydrogens (tertiary/aromatic N) is 1. The molecule has 1 heterocycles. The Morgan fingerprint density at radius 3 is 2.57 bits per heavy atom. The number of nitrogens with one attached hydrogen (secondary N) is 1. The fraction of sp³-hybridized carbons (Fsp3) is 0.154. The van der Waals surface area contributed by atoms with Crippen molar-refractivity contribution in [2.24, 2.45) is 0 Å². The van der Waals surface area contributed by atoms with Crippen molar-refractivity contribution in [3.8, 4) is 11.5 Å². The van der Waals surface area contributed by atoms with Crippen LogP contribution in [0.5, 0.6) is 11.5 Å². The number of methoxy groups -OCH3 is 2. The zero-order chi connectivity index (χ0) is 15.4. The lowest BCUT2D eigenvalue weighted by atomic mass is 10.2. The van der Waals surface area contributed by atoms with Crippen molar-refractivity contribution in [1.82, 2.24) is 5.16 Å². The largest absolute Gasteiger partial charge is 0.497 e. The lowest BCUT2D eigenvalue weighted by molar-refractivity contribution is 0.0651. The second-order valence-electron chi connectivity index (χ2n) is 3.90. The normalized spacial score (nSPS) is 10.0. The fourth-order valence-electron chi connectivity index (χ4n) is 1.57. The van der Waals surface area contributed by atoms with Crippen LogP contribution in [0.2, 0.25) is 0 Å². The molecule has 0 aliphatic heterocycles. The Morgan fingerprint density at radius 1 is 1.24 bits per heavy atom. The zero-order valence-electron chi connectivity index (χ0n) is 11.2. The third kappa shape index (κ3) is 3.11. The van der Waals surface area contributed by atoms with Gasteiger partial charge in [-0.1, -0.05) is 5.16 Å². The van der Waals surface area contributed by atoms with Crippen molar-refractivity contribution >= 4 is 17.6 Å². The van der Waals surface area contributed by atoms with E-state index in [9.17, 15) is 9.59 Å². The number of ether oxygens (including phenoxy) is 2. The van der Waals surface area contributed by atoms with Gasteiger partial charge in [0.15, 0.2) is 5.69 Å². The van der Waals surface area contributed by atoms with Crippen LogP contribution < -0.4 is 14.8 Å². The number of amides is 1. The minimum Gasteiger partial charge on any atom is -0.497 e. The van der Waals surface area contributed by atoms with Gasteiger partial charge in [-0.3, -0.25) is 4.79 Å². The molecular weight excluding hydrogens is 280 g/mol. The maximum Gasteiger partial charge on any atom is 0.374 e. The van der Waals surface area contributed by atoms with E-state index in [1.165, 1.54) is 14.2 Å². The monoisotopic (exact) mass is 292 g/mol. The predicted molar refractivity (Wildman–Crippen MR) is 71.0 cm³/mol. The van der Waals surface area contributed by atoms with E-state index < -0.39 is 17.6 Å². The summed E-state index contributed by atoms with van der Waals surface area (Å²) < 4.78 is 14.7. The second kappa shape index (κ2) is 5.95. The number of aromatic carboxylic acids is 1. The molecule has 0 aliphatic rings. The molecule has 2 N–H and O–H groups in total. The number of carbonyl (C=O) groups is 2. The van der Waals surface area contributed by atoms with Crippen LogP contribution in [-0.2, 0) is 0 Å². The molecule has 1 aromatic carbocycles. The predicted octanol–water partition coefficient (Wildman–Crippen LogP) is 1.64. The number of carboxylic acids is 1. The number of hydrogen-bond acceptors (Lipinski definition) is 6. The number of aromatic nitrogens is 1. The molecule has 2 aromatic rings. The molecule has 21 heavy (non-hydrogen) atoms. The smallest absolute Gasteiger partial charge is 0.374 e. The summed E-state index contributed by atoms with van der Waals surface area (Å²) in [5, 5.41) is 14.6. The number of carbonyl (C=O) groups excluding carboxylic acids is 1. The SMILES string of the molecule is COc1ccc(NC(=O)c2cc(C(=O)O)on2)c(OC)c1. The Balaban J connectivity index is 2.20. The van der Waals surface area contributed by atoms with E-state index in [0.717, 1.165) is 6.07 Å². The molecule has 8 heteroatoms. The van der Waals surface area contributed by atoms with E-state index in [1.54, 1.807) is 18.2 Å². The third-order valence-corrected chi connectivity index (χ3v) is 2.61. The van der Waals surface area contributed by atoms with Gasteiger partial charge in [0.05, 0.1) is 19.9 Å². The number of benzene rings is 1. The van der Waals surface area contributed by atoms with Crippen molar-refractivity contribution in [2.75, 3.05) is 19.5 Å². The highest BCUT2D eigenvalue weighted by molar-refractivity contribution is 6.04. The molecule has 1 amide bonds. The Kier molecular flexibility index (Phi) is 4.07. The Morgan fingerprint density at radius 2 is 2.00 bits per heavy atom. The second-order valence-corrected chi connectivity index (χ2v) is 3.90. The number of rotatable bonds is 5. The Bertz CT molecular complexity index is 679. The minimum atomic E-state index is -1.30. The average Bonchev–Trinajstić information content (AvgIpc) is 2.97. The molecule has 0 fully saturated rings. The minimum absolute atomic E-state index is 0.148. The Labute approximate surface area is 119 Å². The highest BCUT2D eigenvalue weighted by Gasteiger charge is 2.18. The number of hydrogen-bond donors (Lipinski definition) is 2. The molecule has 0 spiro atoms. The van der Waals surface area contributed by atoms with E-state index >= 15 is 0 Å². The standard InChI is InChI=1S/C13H12N2O6/c1-19-7-3-4-8(10(5-7)20-2)14-12(16)9-6-11(13(17)18)21-15-9/h3-6H,1-2H3,(H,14,16)(H,17,18). The van der Waals surface area contributed by atoms with Crippen molar-refractivity contribution < 1.29 is 28.7 Å². The van der Waals surface area contributed by atoms with Gasteiger partial charge in [0, 0.05) is 12.1 Å². The molecule has 0 aliphatic carbocycles. The van der Waals surface area contributed by atoms with Crippen LogP contribution in [0.25, 0.3) is 0 Å². The summed E-state index contributed by atoms with van der Waals surface area (Å²) in [7, 11) is 2.96. The van der Waals surface area contributed by atoms with E-state index in [1.807, 2.05) is 0 Å². The van der Waals surface area contributed by atoms with Crippen LogP contribution in [-0.4, -0.2) is 36.4 Å². The molecule has 1 aromatic heterocycles. The molecule has 2 rings (SSSR count). The van der Waals surface area contributed by atoms with Gasteiger partial charge < -0.3 is 24.4 Å². The van der Waals surface area contributed by atoms with Crippen molar-refractivity contribution in [2.45, 2.75) is 0 Å². The quantitative estimate of drug-likeness (QED) is 0.861. The molecule has 0 unspecified atom stereocenters. The van der Waals surface area contributed by atoms with E-state index in [-0.39, 0.29) is 5.69 Å². The summed E-state index contributed by atoms with van der Waals surface area (Å²) in [4.78, 5) is 22.6. The molecular formula is C13H12N2O6. The van der Waals surface area contributed by atoms with Crippen LogP contribution >= 0.6 is 0 Å². The summed E-state index contributed by atoms with van der Waals surface area (Å²) in [6.07, 6.45) is 0. The lowest BCUT2D eigenvalue weighted by Crippen LogP contribution is -2.13. The summed E-state index contributed by atoms with van der Waals surface area (Å²) in [5.41, 5.74) is 0.244. The van der Waals surface area contributed by atoms with Gasteiger partial charge in [0.2, 0.25) is 5.76 Å². The lowest BCUT2D eigenvalue weighted by Gasteiger charge is -2.10. The van der Waals surface area contributed by atoms with Crippen LogP contribution in [0.3, 0.4) is 0 Å². The van der Waals surface area contributed by atoms with E-state index in [0.29, 0.717) is 17.2 Å². The molecule has 110 valence electrons. The van der Waals surface area contributed by atoms with Gasteiger partial charge in [0.1, 0.15) is 11.5 Å². The molecule has 0 bridgehead atoms. The average molecular weight is 292 g/mol.